The number of hydrogen-bond acceptors (Lipinski definition) is 3. The molecule has 0 radical (unpaired) electrons. The lowest BCUT2D eigenvalue weighted by molar-refractivity contribution is 0.0951. The third-order valence-electron chi connectivity index (χ3n) is 4.22. The van der Waals surface area contributed by atoms with Crippen LogP contribution >= 0.6 is 0 Å². The van der Waals surface area contributed by atoms with Crippen molar-refractivity contribution in [2.24, 2.45) is 0 Å². The maximum absolute atomic E-state index is 12.5. The molecule has 0 heterocycles. The van der Waals surface area contributed by atoms with Crippen LogP contribution in [0.2, 0.25) is 0 Å². The third kappa shape index (κ3) is 5.05. The molecule has 3 aromatic carbocycles. The van der Waals surface area contributed by atoms with Crippen LogP contribution in [0.15, 0.2) is 83.8 Å². The minimum atomic E-state index is -3.45. The molecular formula is C22H21NO3S. The summed E-state index contributed by atoms with van der Waals surface area (Å²) in [7, 11) is -3.45. The molecule has 0 aliphatic rings. The molecule has 0 aliphatic carbocycles. The van der Waals surface area contributed by atoms with Crippen LogP contribution < -0.4 is 5.32 Å². The summed E-state index contributed by atoms with van der Waals surface area (Å²) < 4.78 is 25.0. The van der Waals surface area contributed by atoms with Gasteiger partial charge in [-0.3, -0.25) is 4.79 Å². The second-order valence-corrected chi connectivity index (χ2v) is 8.43. The van der Waals surface area contributed by atoms with Gasteiger partial charge < -0.3 is 5.32 Å². The van der Waals surface area contributed by atoms with E-state index in [4.69, 9.17) is 0 Å². The normalized spacial score (nSPS) is 11.1. The first-order valence-electron chi connectivity index (χ1n) is 8.64. The van der Waals surface area contributed by atoms with Gasteiger partial charge >= 0.3 is 0 Å². The molecule has 3 aromatic rings. The minimum Gasteiger partial charge on any atom is -0.348 e. The zero-order valence-electron chi connectivity index (χ0n) is 15.1. The fraction of sp³-hybridized carbons (Fsp3) is 0.136. The molecule has 0 bridgehead atoms. The summed E-state index contributed by atoms with van der Waals surface area (Å²) in [5.41, 5.74) is 3.21. The Morgan fingerprint density at radius 2 is 1.56 bits per heavy atom. The molecule has 0 atom stereocenters. The van der Waals surface area contributed by atoms with Crippen molar-refractivity contribution in [3.8, 4) is 0 Å². The number of rotatable bonds is 6. The molecule has 0 spiro atoms. The quantitative estimate of drug-likeness (QED) is 0.706. The second kappa shape index (κ2) is 8.18. The molecule has 0 fully saturated rings. The fourth-order valence-corrected chi connectivity index (χ4v) is 4.08. The molecule has 0 saturated heterocycles. The first-order chi connectivity index (χ1) is 12.9. The Balaban J connectivity index is 1.69. The van der Waals surface area contributed by atoms with E-state index < -0.39 is 9.84 Å². The Hall–Kier alpha value is -2.92. The molecule has 27 heavy (non-hydrogen) atoms. The summed E-state index contributed by atoms with van der Waals surface area (Å²) >= 11 is 0. The number of nitrogens with one attached hydrogen (secondary N) is 1. The fourth-order valence-electron chi connectivity index (χ4n) is 2.72. The molecular weight excluding hydrogens is 358 g/mol. The van der Waals surface area contributed by atoms with Crippen molar-refractivity contribution in [2.45, 2.75) is 24.1 Å². The number of carbonyl (C=O) groups excluding carboxylic acids is 1. The summed E-state index contributed by atoms with van der Waals surface area (Å²) in [6, 6.07) is 23.0. The van der Waals surface area contributed by atoms with Gasteiger partial charge in [-0.25, -0.2) is 8.42 Å². The SMILES string of the molecule is Cc1ccc(CNC(=O)c2cccc(CS(=O)(=O)c3ccccc3)c2)cc1. The van der Waals surface area contributed by atoms with Crippen molar-refractivity contribution >= 4 is 15.7 Å². The van der Waals surface area contributed by atoms with Gasteiger partial charge in [-0.15, -0.1) is 0 Å². The van der Waals surface area contributed by atoms with Crippen LogP contribution in [0.4, 0.5) is 0 Å². The van der Waals surface area contributed by atoms with E-state index in [1.165, 1.54) is 0 Å². The molecule has 138 valence electrons. The molecule has 1 amide bonds. The Morgan fingerprint density at radius 3 is 2.26 bits per heavy atom. The molecule has 0 aromatic heterocycles. The predicted molar refractivity (Wildman–Crippen MR) is 106 cm³/mol. The van der Waals surface area contributed by atoms with Gasteiger partial charge in [-0.05, 0) is 42.3 Å². The van der Waals surface area contributed by atoms with Crippen molar-refractivity contribution < 1.29 is 13.2 Å². The summed E-state index contributed by atoms with van der Waals surface area (Å²) in [5.74, 6) is -0.370. The van der Waals surface area contributed by atoms with E-state index in [2.05, 4.69) is 5.32 Å². The number of aryl methyl sites for hydroxylation is 1. The first kappa shape index (κ1) is 18.9. The average molecular weight is 379 g/mol. The summed E-state index contributed by atoms with van der Waals surface area (Å²) in [5, 5.41) is 2.87. The van der Waals surface area contributed by atoms with E-state index in [0.29, 0.717) is 17.7 Å². The number of sulfone groups is 1. The summed E-state index contributed by atoms with van der Waals surface area (Å²) in [6.45, 7) is 2.43. The molecule has 0 unspecified atom stereocenters. The van der Waals surface area contributed by atoms with Crippen LogP contribution in [0, 0.1) is 6.92 Å². The maximum Gasteiger partial charge on any atom is 0.251 e. The highest BCUT2D eigenvalue weighted by molar-refractivity contribution is 7.90. The summed E-state index contributed by atoms with van der Waals surface area (Å²) in [6.07, 6.45) is 0. The molecule has 1 N–H and O–H groups in total. The van der Waals surface area contributed by atoms with Gasteiger partial charge in [0.15, 0.2) is 9.84 Å². The number of hydrogen-bond donors (Lipinski definition) is 1. The number of amides is 1. The average Bonchev–Trinajstić information content (AvgIpc) is 2.68. The highest BCUT2D eigenvalue weighted by Crippen LogP contribution is 2.17. The molecule has 3 rings (SSSR count). The summed E-state index contributed by atoms with van der Waals surface area (Å²) in [4.78, 5) is 12.7. The van der Waals surface area contributed by atoms with E-state index in [-0.39, 0.29) is 16.6 Å². The van der Waals surface area contributed by atoms with Crippen LogP contribution in [-0.2, 0) is 22.1 Å². The lowest BCUT2D eigenvalue weighted by atomic mass is 10.1. The van der Waals surface area contributed by atoms with E-state index in [0.717, 1.165) is 11.1 Å². The van der Waals surface area contributed by atoms with Crippen molar-refractivity contribution in [1.82, 2.24) is 5.32 Å². The van der Waals surface area contributed by atoms with Crippen molar-refractivity contribution in [1.29, 1.82) is 0 Å². The van der Waals surface area contributed by atoms with E-state index in [9.17, 15) is 13.2 Å². The Kier molecular flexibility index (Phi) is 5.72. The standard InChI is InChI=1S/C22H21NO3S/c1-17-10-12-18(13-11-17)15-23-22(24)20-7-5-6-19(14-20)16-27(25,26)21-8-3-2-4-9-21/h2-14H,15-16H2,1H3,(H,23,24). The predicted octanol–water partition coefficient (Wildman–Crippen LogP) is 3.90. The van der Waals surface area contributed by atoms with Gasteiger partial charge in [-0.1, -0.05) is 60.2 Å². The minimum absolute atomic E-state index is 0.143. The van der Waals surface area contributed by atoms with Crippen LogP contribution in [0.25, 0.3) is 0 Å². The lowest BCUT2D eigenvalue weighted by Crippen LogP contribution is -2.23. The monoisotopic (exact) mass is 379 g/mol. The van der Waals surface area contributed by atoms with Crippen molar-refractivity contribution in [3.63, 3.8) is 0 Å². The molecule has 0 aliphatic heterocycles. The van der Waals surface area contributed by atoms with E-state index >= 15 is 0 Å². The van der Waals surface area contributed by atoms with E-state index in [1.54, 1.807) is 54.6 Å². The van der Waals surface area contributed by atoms with Gasteiger partial charge in [0, 0.05) is 12.1 Å². The molecule has 0 saturated carbocycles. The van der Waals surface area contributed by atoms with Crippen molar-refractivity contribution in [3.05, 3.63) is 101 Å². The van der Waals surface area contributed by atoms with Crippen LogP contribution in [-0.4, -0.2) is 14.3 Å². The van der Waals surface area contributed by atoms with Crippen LogP contribution in [0.3, 0.4) is 0 Å². The first-order valence-corrected chi connectivity index (χ1v) is 10.3. The van der Waals surface area contributed by atoms with Crippen LogP contribution in [0.5, 0.6) is 0 Å². The van der Waals surface area contributed by atoms with Gasteiger partial charge in [0.25, 0.3) is 5.91 Å². The molecule has 5 heteroatoms. The van der Waals surface area contributed by atoms with Gasteiger partial charge in [0.2, 0.25) is 0 Å². The Bertz CT molecular complexity index is 1030. The maximum atomic E-state index is 12.5. The highest BCUT2D eigenvalue weighted by atomic mass is 32.2. The van der Waals surface area contributed by atoms with Gasteiger partial charge in [0.1, 0.15) is 0 Å². The number of benzene rings is 3. The van der Waals surface area contributed by atoms with Crippen LogP contribution in [0.1, 0.15) is 27.0 Å². The topological polar surface area (TPSA) is 63.2 Å². The third-order valence-corrected chi connectivity index (χ3v) is 5.93. The van der Waals surface area contributed by atoms with Gasteiger partial charge in [0.05, 0.1) is 10.6 Å². The Labute approximate surface area is 159 Å². The Morgan fingerprint density at radius 1 is 0.852 bits per heavy atom. The largest absolute Gasteiger partial charge is 0.348 e. The highest BCUT2D eigenvalue weighted by Gasteiger charge is 2.16. The number of carbonyl (C=O) groups is 1. The molecule has 4 nitrogen and oxygen atoms in total. The smallest absolute Gasteiger partial charge is 0.251 e. The van der Waals surface area contributed by atoms with E-state index in [1.807, 2.05) is 31.2 Å². The zero-order chi connectivity index (χ0) is 19.3. The van der Waals surface area contributed by atoms with Crippen molar-refractivity contribution in [2.75, 3.05) is 0 Å². The lowest BCUT2D eigenvalue weighted by Gasteiger charge is -2.08. The zero-order valence-corrected chi connectivity index (χ0v) is 15.9. The van der Waals surface area contributed by atoms with Gasteiger partial charge in [-0.2, -0.15) is 0 Å². The second-order valence-electron chi connectivity index (χ2n) is 6.44.